The molecule has 1 atom stereocenters. The first-order chi connectivity index (χ1) is 11.6. The highest BCUT2D eigenvalue weighted by atomic mass is 16.6. The number of nitriles is 1. The molecule has 1 saturated heterocycles. The maximum absolute atomic E-state index is 11.0. The van der Waals surface area contributed by atoms with Crippen LogP contribution in [0.1, 0.15) is 18.4 Å². The lowest BCUT2D eigenvalue weighted by molar-refractivity contribution is 0.0965. The van der Waals surface area contributed by atoms with Gasteiger partial charge in [0.2, 0.25) is 0 Å². The molecule has 2 heterocycles. The van der Waals surface area contributed by atoms with E-state index in [1.54, 1.807) is 12.3 Å². The molecule has 1 aliphatic rings. The Morgan fingerprint density at radius 1 is 1.50 bits per heavy atom. The Balaban J connectivity index is 2.00. The first-order valence-electron chi connectivity index (χ1n) is 7.70. The number of methoxy groups -OCH3 is 1. The van der Waals surface area contributed by atoms with E-state index >= 15 is 0 Å². The molecule has 0 spiro atoms. The van der Waals surface area contributed by atoms with E-state index in [2.05, 4.69) is 16.0 Å². The number of amides is 1. The number of carbonyl (C=O) groups is 1. The standard InChI is InChI=1S/C17H18N4O3/c1-23-15-8-14-11(7-12(15)9-18)4-5-20-16(14)21-6-2-3-13(10-21)24-17(19)22/h4-5,7-8,13H,2-3,6,10H2,1H3,(H2,19,22)/t13-/m0/s1. The summed E-state index contributed by atoms with van der Waals surface area (Å²) in [6.45, 7) is 1.35. The van der Waals surface area contributed by atoms with Crippen LogP contribution in [0.3, 0.4) is 0 Å². The zero-order valence-electron chi connectivity index (χ0n) is 13.4. The number of hydrogen-bond donors (Lipinski definition) is 1. The molecule has 1 aromatic heterocycles. The normalized spacial score (nSPS) is 17.3. The van der Waals surface area contributed by atoms with Gasteiger partial charge in [-0.15, -0.1) is 0 Å². The average Bonchev–Trinajstić information content (AvgIpc) is 2.59. The third-order valence-corrected chi connectivity index (χ3v) is 4.14. The molecule has 2 N–H and O–H groups in total. The average molecular weight is 326 g/mol. The lowest BCUT2D eigenvalue weighted by atomic mass is 10.0. The summed E-state index contributed by atoms with van der Waals surface area (Å²) in [5, 5.41) is 11.0. The van der Waals surface area contributed by atoms with Gasteiger partial charge < -0.3 is 20.1 Å². The first-order valence-corrected chi connectivity index (χ1v) is 7.70. The summed E-state index contributed by atoms with van der Waals surface area (Å²) in [5.74, 6) is 1.30. The van der Waals surface area contributed by atoms with Crippen LogP contribution >= 0.6 is 0 Å². The minimum Gasteiger partial charge on any atom is -0.495 e. The third kappa shape index (κ3) is 3.04. The highest BCUT2D eigenvalue weighted by Gasteiger charge is 2.24. The van der Waals surface area contributed by atoms with Gasteiger partial charge in [-0.25, -0.2) is 9.78 Å². The summed E-state index contributed by atoms with van der Waals surface area (Å²) in [7, 11) is 1.54. The number of aromatic nitrogens is 1. The number of piperidine rings is 1. The number of benzene rings is 1. The van der Waals surface area contributed by atoms with Gasteiger partial charge in [0, 0.05) is 18.1 Å². The van der Waals surface area contributed by atoms with Crippen molar-refractivity contribution in [3.63, 3.8) is 0 Å². The van der Waals surface area contributed by atoms with Crippen molar-refractivity contribution >= 4 is 22.7 Å². The van der Waals surface area contributed by atoms with Crippen LogP contribution < -0.4 is 15.4 Å². The fourth-order valence-corrected chi connectivity index (χ4v) is 3.09. The predicted octanol–water partition coefficient (Wildman–Crippen LogP) is 2.18. The van der Waals surface area contributed by atoms with Crippen molar-refractivity contribution in [2.75, 3.05) is 25.1 Å². The Hall–Kier alpha value is -3.01. The van der Waals surface area contributed by atoms with Crippen molar-refractivity contribution in [1.82, 2.24) is 4.98 Å². The fraction of sp³-hybridized carbons (Fsp3) is 0.353. The van der Waals surface area contributed by atoms with E-state index in [0.29, 0.717) is 17.9 Å². The maximum atomic E-state index is 11.0. The van der Waals surface area contributed by atoms with Gasteiger partial charge in [-0.1, -0.05) is 0 Å². The lowest BCUT2D eigenvalue weighted by Gasteiger charge is -2.33. The van der Waals surface area contributed by atoms with E-state index in [4.69, 9.17) is 15.2 Å². The largest absolute Gasteiger partial charge is 0.495 e. The Kier molecular flexibility index (Phi) is 4.38. The number of pyridine rings is 1. The highest BCUT2D eigenvalue weighted by Crippen LogP contribution is 2.32. The zero-order chi connectivity index (χ0) is 17.1. The van der Waals surface area contributed by atoms with Crippen LogP contribution in [0.5, 0.6) is 5.75 Å². The number of hydrogen-bond acceptors (Lipinski definition) is 6. The molecule has 7 nitrogen and oxygen atoms in total. The van der Waals surface area contributed by atoms with E-state index < -0.39 is 6.09 Å². The molecule has 1 aromatic carbocycles. The maximum Gasteiger partial charge on any atom is 0.404 e. The second kappa shape index (κ2) is 6.62. The number of fused-ring (bicyclic) bond motifs is 1. The molecule has 1 amide bonds. The number of carbonyl (C=O) groups excluding carboxylic acids is 1. The molecule has 1 fully saturated rings. The van der Waals surface area contributed by atoms with Gasteiger partial charge >= 0.3 is 6.09 Å². The Morgan fingerprint density at radius 3 is 3.04 bits per heavy atom. The molecule has 3 rings (SSSR count). The van der Waals surface area contributed by atoms with Gasteiger partial charge in [-0.05, 0) is 36.4 Å². The monoisotopic (exact) mass is 326 g/mol. The molecule has 0 saturated carbocycles. The van der Waals surface area contributed by atoms with Crippen LogP contribution in [0, 0.1) is 11.3 Å². The lowest BCUT2D eigenvalue weighted by Crippen LogP contribution is -2.41. The number of nitrogens with zero attached hydrogens (tertiary/aromatic N) is 3. The quantitative estimate of drug-likeness (QED) is 0.927. The molecule has 0 unspecified atom stereocenters. The van der Waals surface area contributed by atoms with Crippen molar-refractivity contribution in [2.45, 2.75) is 18.9 Å². The molecule has 1 aliphatic heterocycles. The van der Waals surface area contributed by atoms with Crippen LogP contribution in [0.15, 0.2) is 24.4 Å². The van der Waals surface area contributed by atoms with Gasteiger partial charge in [0.05, 0.1) is 19.2 Å². The Morgan fingerprint density at radius 2 is 2.33 bits per heavy atom. The van der Waals surface area contributed by atoms with Gasteiger partial charge in [0.1, 0.15) is 23.7 Å². The minimum atomic E-state index is -0.756. The van der Waals surface area contributed by atoms with Crippen molar-refractivity contribution < 1.29 is 14.3 Å². The number of rotatable bonds is 3. The van der Waals surface area contributed by atoms with Crippen LogP contribution in [0.2, 0.25) is 0 Å². The predicted molar refractivity (Wildman–Crippen MR) is 88.9 cm³/mol. The van der Waals surface area contributed by atoms with Crippen LogP contribution in [0.4, 0.5) is 10.6 Å². The van der Waals surface area contributed by atoms with Gasteiger partial charge in [0.15, 0.2) is 0 Å². The number of ether oxygens (including phenoxy) is 2. The van der Waals surface area contributed by atoms with Crippen LogP contribution in [-0.4, -0.2) is 37.4 Å². The smallest absolute Gasteiger partial charge is 0.404 e. The molecule has 0 bridgehead atoms. The second-order valence-electron chi connectivity index (χ2n) is 5.67. The summed E-state index contributed by atoms with van der Waals surface area (Å²) in [4.78, 5) is 17.6. The SMILES string of the molecule is COc1cc2c(N3CCC[C@H](OC(N)=O)C3)nccc2cc1C#N. The molecule has 2 aromatic rings. The molecule has 24 heavy (non-hydrogen) atoms. The fourth-order valence-electron chi connectivity index (χ4n) is 3.09. The summed E-state index contributed by atoms with van der Waals surface area (Å²) < 4.78 is 10.4. The second-order valence-corrected chi connectivity index (χ2v) is 5.67. The van der Waals surface area contributed by atoms with Crippen LogP contribution in [-0.2, 0) is 4.74 Å². The van der Waals surface area contributed by atoms with E-state index in [1.807, 2.05) is 12.1 Å². The van der Waals surface area contributed by atoms with Crippen LogP contribution in [0.25, 0.3) is 10.8 Å². The molecular formula is C17H18N4O3. The zero-order valence-corrected chi connectivity index (χ0v) is 13.4. The Labute approximate surface area is 139 Å². The first kappa shape index (κ1) is 15.9. The van der Waals surface area contributed by atoms with Crippen molar-refractivity contribution in [3.05, 3.63) is 30.0 Å². The van der Waals surface area contributed by atoms with E-state index in [1.165, 1.54) is 7.11 Å². The van der Waals surface area contributed by atoms with Crippen molar-refractivity contribution in [2.24, 2.45) is 5.73 Å². The number of nitrogens with two attached hydrogens (primary N) is 1. The van der Waals surface area contributed by atoms with Gasteiger partial charge in [-0.3, -0.25) is 0 Å². The van der Waals surface area contributed by atoms with E-state index in [9.17, 15) is 10.1 Å². The van der Waals surface area contributed by atoms with Gasteiger partial charge in [0.25, 0.3) is 0 Å². The minimum absolute atomic E-state index is 0.242. The molecule has 7 heteroatoms. The van der Waals surface area contributed by atoms with Crippen molar-refractivity contribution in [3.8, 4) is 11.8 Å². The summed E-state index contributed by atoms with van der Waals surface area (Å²) in [6, 6.07) is 7.62. The molecule has 0 aliphatic carbocycles. The molecular weight excluding hydrogens is 308 g/mol. The molecule has 124 valence electrons. The highest BCUT2D eigenvalue weighted by molar-refractivity contribution is 5.94. The van der Waals surface area contributed by atoms with Crippen molar-refractivity contribution in [1.29, 1.82) is 5.26 Å². The number of primary amides is 1. The van der Waals surface area contributed by atoms with E-state index in [0.717, 1.165) is 36.0 Å². The third-order valence-electron chi connectivity index (χ3n) is 4.14. The summed E-state index contributed by atoms with van der Waals surface area (Å²) in [6.07, 6.45) is 2.38. The van der Waals surface area contributed by atoms with Gasteiger partial charge in [-0.2, -0.15) is 5.26 Å². The van der Waals surface area contributed by atoms with E-state index in [-0.39, 0.29) is 6.10 Å². The molecule has 0 radical (unpaired) electrons. The topological polar surface area (TPSA) is 101 Å². The summed E-state index contributed by atoms with van der Waals surface area (Å²) >= 11 is 0. The number of anilines is 1. The Bertz CT molecular complexity index is 815. The summed E-state index contributed by atoms with van der Waals surface area (Å²) in [5.41, 5.74) is 5.61.